The molecule has 0 aromatic heterocycles. The van der Waals surface area contributed by atoms with Gasteiger partial charge >= 0.3 is 11.9 Å². The molecule has 0 aliphatic rings. The molecule has 0 saturated heterocycles. The van der Waals surface area contributed by atoms with E-state index in [1.165, 1.54) is 167 Å². The maximum absolute atomic E-state index is 13.0. The van der Waals surface area contributed by atoms with E-state index in [0.717, 1.165) is 50.7 Å². The van der Waals surface area contributed by atoms with E-state index >= 15 is 0 Å². The normalized spacial score (nSPS) is 11.9. The number of benzene rings is 1. The fraction of sp³-hybridized carbons (Fsp3) is 0.750. The van der Waals surface area contributed by atoms with Crippen LogP contribution in [0.15, 0.2) is 47.4 Å². The third-order valence-electron chi connectivity index (χ3n) is 10.5. The van der Waals surface area contributed by atoms with Crippen molar-refractivity contribution in [3.63, 3.8) is 0 Å². The van der Waals surface area contributed by atoms with Gasteiger partial charge in [-0.2, -0.15) is 8.42 Å². The SMILES string of the molecule is CCCCC/C=C/CCCCCCCCCCCCCOC(=O)c1ccc(S(=O)(=O)O)cc1C(=O)OCCCCCCCCCCCCC/C=C/CCCCC. The van der Waals surface area contributed by atoms with Crippen molar-refractivity contribution in [2.24, 2.45) is 0 Å². The van der Waals surface area contributed by atoms with Gasteiger partial charge in [0.05, 0.1) is 29.2 Å². The zero-order valence-electron chi connectivity index (χ0n) is 35.9. The number of esters is 2. The maximum atomic E-state index is 13.0. The fourth-order valence-corrected chi connectivity index (χ4v) is 7.43. The summed E-state index contributed by atoms with van der Waals surface area (Å²) in [5.41, 5.74) is -0.269. The molecule has 322 valence electrons. The molecule has 1 N–H and O–H groups in total. The predicted octanol–water partition coefficient (Wildman–Crippen LogP) is 14.9. The summed E-state index contributed by atoms with van der Waals surface area (Å²) in [6.07, 6.45) is 48.0. The van der Waals surface area contributed by atoms with E-state index in [-0.39, 0.29) is 24.3 Å². The van der Waals surface area contributed by atoms with Gasteiger partial charge in [0.2, 0.25) is 0 Å². The molecule has 1 aromatic rings. The molecule has 0 atom stereocenters. The first-order chi connectivity index (χ1) is 27.3. The topological polar surface area (TPSA) is 107 Å². The van der Waals surface area contributed by atoms with Crippen molar-refractivity contribution in [1.82, 2.24) is 0 Å². The second kappa shape index (κ2) is 36.9. The van der Waals surface area contributed by atoms with E-state index in [9.17, 15) is 22.6 Å². The van der Waals surface area contributed by atoms with Crippen LogP contribution in [0.2, 0.25) is 0 Å². The zero-order chi connectivity index (χ0) is 40.8. The van der Waals surface area contributed by atoms with Crippen LogP contribution in [0.25, 0.3) is 0 Å². The number of rotatable bonds is 39. The van der Waals surface area contributed by atoms with Crippen molar-refractivity contribution < 1.29 is 32.0 Å². The van der Waals surface area contributed by atoms with Gasteiger partial charge in [0.15, 0.2) is 0 Å². The Morgan fingerprint density at radius 2 is 0.768 bits per heavy atom. The first kappa shape index (κ1) is 51.6. The summed E-state index contributed by atoms with van der Waals surface area (Å²) in [6, 6.07) is 3.31. The average molecular weight is 803 g/mol. The lowest BCUT2D eigenvalue weighted by atomic mass is 10.0. The van der Waals surface area contributed by atoms with E-state index in [1.807, 2.05) is 0 Å². The first-order valence-electron chi connectivity index (χ1n) is 23.1. The second-order valence-electron chi connectivity index (χ2n) is 15.7. The number of ether oxygens (including phenoxy) is 2. The van der Waals surface area contributed by atoms with E-state index in [4.69, 9.17) is 9.47 Å². The minimum atomic E-state index is -4.57. The molecule has 0 fully saturated rings. The summed E-state index contributed by atoms with van der Waals surface area (Å²) >= 11 is 0. The van der Waals surface area contributed by atoms with Crippen molar-refractivity contribution in [1.29, 1.82) is 0 Å². The highest BCUT2D eigenvalue weighted by Gasteiger charge is 2.23. The van der Waals surface area contributed by atoms with E-state index in [0.29, 0.717) is 6.42 Å². The van der Waals surface area contributed by atoms with Gasteiger partial charge in [-0.1, -0.05) is 179 Å². The quantitative estimate of drug-likeness (QED) is 0.0306. The van der Waals surface area contributed by atoms with Crippen LogP contribution in [0.5, 0.6) is 0 Å². The van der Waals surface area contributed by atoms with Crippen LogP contribution in [0.3, 0.4) is 0 Å². The number of carbonyl (C=O) groups excluding carboxylic acids is 2. The molecule has 0 heterocycles. The number of unbranched alkanes of at least 4 members (excludes halogenated alkanes) is 28. The first-order valence-corrected chi connectivity index (χ1v) is 24.5. The summed E-state index contributed by atoms with van der Waals surface area (Å²) in [5, 5.41) is 0. The lowest BCUT2D eigenvalue weighted by Crippen LogP contribution is -2.16. The molecule has 0 saturated carbocycles. The molecule has 0 aliphatic heterocycles. The maximum Gasteiger partial charge on any atom is 0.339 e. The molecule has 0 amide bonds. The second-order valence-corrected chi connectivity index (χ2v) is 17.2. The average Bonchev–Trinajstić information content (AvgIpc) is 3.18. The highest BCUT2D eigenvalue weighted by atomic mass is 32.2. The zero-order valence-corrected chi connectivity index (χ0v) is 36.7. The lowest BCUT2D eigenvalue weighted by Gasteiger charge is -2.11. The summed E-state index contributed by atoms with van der Waals surface area (Å²) in [5.74, 6) is -1.50. The summed E-state index contributed by atoms with van der Waals surface area (Å²) < 4.78 is 44.0. The molecule has 0 radical (unpaired) electrons. The molecule has 0 bridgehead atoms. The van der Waals surface area contributed by atoms with Gasteiger partial charge in [-0.3, -0.25) is 4.55 Å². The Labute approximate surface area is 344 Å². The van der Waals surface area contributed by atoms with Gasteiger partial charge < -0.3 is 9.47 Å². The van der Waals surface area contributed by atoms with Crippen LogP contribution in [-0.2, 0) is 19.6 Å². The molecular formula is C48H82O7S. The molecule has 56 heavy (non-hydrogen) atoms. The van der Waals surface area contributed by atoms with E-state index in [2.05, 4.69) is 38.2 Å². The van der Waals surface area contributed by atoms with Gasteiger partial charge in [-0.15, -0.1) is 0 Å². The monoisotopic (exact) mass is 803 g/mol. The Hall–Kier alpha value is -2.45. The van der Waals surface area contributed by atoms with Crippen LogP contribution >= 0.6 is 0 Å². The number of allylic oxidation sites excluding steroid dienone is 4. The fourth-order valence-electron chi connectivity index (χ4n) is 6.92. The van der Waals surface area contributed by atoms with Crippen LogP contribution < -0.4 is 0 Å². The van der Waals surface area contributed by atoms with Crippen molar-refractivity contribution in [3.05, 3.63) is 53.6 Å². The molecule has 1 aromatic carbocycles. The number of hydrogen-bond donors (Lipinski definition) is 1. The Morgan fingerprint density at radius 1 is 0.464 bits per heavy atom. The minimum absolute atomic E-state index is 0.0593. The van der Waals surface area contributed by atoms with Crippen molar-refractivity contribution in [3.8, 4) is 0 Å². The van der Waals surface area contributed by atoms with Gasteiger partial charge in [0, 0.05) is 0 Å². The minimum Gasteiger partial charge on any atom is -0.462 e. The molecule has 7 nitrogen and oxygen atoms in total. The molecule has 0 unspecified atom stereocenters. The van der Waals surface area contributed by atoms with Crippen molar-refractivity contribution in [2.75, 3.05) is 13.2 Å². The number of hydrogen-bond acceptors (Lipinski definition) is 6. The highest BCUT2D eigenvalue weighted by molar-refractivity contribution is 7.85. The van der Waals surface area contributed by atoms with Gasteiger partial charge in [-0.25, -0.2) is 9.59 Å². The summed E-state index contributed by atoms with van der Waals surface area (Å²) in [7, 11) is -4.57. The Kier molecular flexibility index (Phi) is 33.9. The smallest absolute Gasteiger partial charge is 0.339 e. The lowest BCUT2D eigenvalue weighted by molar-refractivity contribution is 0.0450. The van der Waals surface area contributed by atoms with Gasteiger partial charge in [0.1, 0.15) is 0 Å². The molecular weight excluding hydrogens is 721 g/mol. The Bertz CT molecular complexity index is 1270. The number of carbonyl (C=O) groups is 2. The molecule has 0 spiro atoms. The van der Waals surface area contributed by atoms with E-state index in [1.54, 1.807) is 0 Å². The summed E-state index contributed by atoms with van der Waals surface area (Å²) in [6.45, 7) is 4.89. The van der Waals surface area contributed by atoms with Gasteiger partial charge in [0.25, 0.3) is 10.1 Å². The van der Waals surface area contributed by atoms with Gasteiger partial charge in [-0.05, 0) is 82.4 Å². The third-order valence-corrected chi connectivity index (χ3v) is 11.4. The van der Waals surface area contributed by atoms with Crippen molar-refractivity contribution >= 4 is 22.1 Å². The van der Waals surface area contributed by atoms with Crippen molar-refractivity contribution in [2.45, 2.75) is 224 Å². The summed E-state index contributed by atoms with van der Waals surface area (Å²) in [4.78, 5) is 25.4. The Balaban J connectivity index is 2.19. The molecule has 0 aliphatic carbocycles. The predicted molar refractivity (Wildman–Crippen MR) is 234 cm³/mol. The van der Waals surface area contributed by atoms with E-state index < -0.39 is 27.0 Å². The van der Waals surface area contributed by atoms with Crippen LogP contribution in [0.4, 0.5) is 0 Å². The largest absolute Gasteiger partial charge is 0.462 e. The van der Waals surface area contributed by atoms with Crippen LogP contribution in [-0.4, -0.2) is 38.1 Å². The molecule has 8 heteroatoms. The van der Waals surface area contributed by atoms with Crippen LogP contribution in [0, 0.1) is 0 Å². The highest BCUT2D eigenvalue weighted by Crippen LogP contribution is 2.20. The molecule has 1 rings (SSSR count). The van der Waals surface area contributed by atoms with Crippen LogP contribution in [0.1, 0.15) is 240 Å². The third kappa shape index (κ3) is 29.7. The standard InChI is InChI=1S/C48H82O7S/c1-3-5-7-9-11-13-15-17-19-21-23-25-27-29-31-33-35-37-41-54-47(49)45-40-39-44(56(51,52)53)43-46(45)48(50)55-42-38-36-34-32-30-28-26-24-22-20-18-16-14-12-10-8-6-4-2/h11-14,39-40,43H,3-10,15-38,41-42H2,1-2H3,(H,51,52,53)/b13-11+,14-12+. The Morgan fingerprint density at radius 3 is 1.11 bits per heavy atom.